The molecular formula is C5H6O2S. The highest BCUT2D eigenvalue weighted by Crippen LogP contribution is 2.01. The summed E-state index contributed by atoms with van der Waals surface area (Å²) in [5.41, 5.74) is 0. The fraction of sp³-hybridized carbons (Fsp3) is 0.400. The Labute approximate surface area is 51.2 Å². The molecule has 0 aromatic heterocycles. The summed E-state index contributed by atoms with van der Waals surface area (Å²) in [4.78, 5) is 0. The van der Waals surface area contributed by atoms with Crippen LogP contribution in [0.25, 0.3) is 0 Å². The zero-order chi connectivity index (χ0) is 5.82. The summed E-state index contributed by atoms with van der Waals surface area (Å²) < 4.78 is 14.8. The molecule has 0 aromatic rings. The van der Waals surface area contributed by atoms with Gasteiger partial charge in [0.15, 0.2) is 5.05 Å². The largest absolute Gasteiger partial charge is 0.456 e. The first kappa shape index (κ1) is 5.56. The number of hydrogen-bond acceptors (Lipinski definition) is 2. The molecule has 1 heterocycles. The summed E-state index contributed by atoms with van der Waals surface area (Å²) in [5, 5.41) is 0.576. The topological polar surface area (TPSA) is 26.3 Å². The molecule has 0 saturated heterocycles. The molecule has 8 heavy (non-hydrogen) atoms. The van der Waals surface area contributed by atoms with Gasteiger partial charge >= 0.3 is 0 Å². The normalized spacial score (nSPS) is 17.8. The minimum atomic E-state index is 0.439. The van der Waals surface area contributed by atoms with Crippen molar-refractivity contribution in [1.29, 1.82) is 0 Å². The van der Waals surface area contributed by atoms with Crippen molar-refractivity contribution in [3.05, 3.63) is 12.3 Å². The highest BCUT2D eigenvalue weighted by atomic mass is 32.1. The summed E-state index contributed by atoms with van der Waals surface area (Å²) in [6.45, 7) is 0. The monoisotopic (exact) mass is 130 g/mol. The third kappa shape index (κ3) is 1.20. The molecule has 0 saturated carbocycles. The second-order valence-corrected chi connectivity index (χ2v) is 2.11. The van der Waals surface area contributed by atoms with Crippen LogP contribution in [0.1, 0.15) is 12.8 Å². The lowest BCUT2D eigenvalue weighted by Crippen LogP contribution is -2.02. The zero-order valence-electron chi connectivity index (χ0n) is 4.29. The third-order valence-corrected chi connectivity index (χ3v) is 1.39. The van der Waals surface area contributed by atoms with Crippen LogP contribution in [0.5, 0.6) is 0 Å². The van der Waals surface area contributed by atoms with Gasteiger partial charge in [-0.2, -0.15) is 0 Å². The molecule has 0 amide bonds. The molecule has 0 unspecified atom stereocenters. The quantitative estimate of drug-likeness (QED) is 0.450. The van der Waals surface area contributed by atoms with E-state index in [1.807, 2.05) is 6.08 Å². The number of hydrogen-bond donors (Lipinski definition) is 0. The molecule has 0 N–H and O–H groups in total. The number of ether oxygens (including phenoxy) is 1. The van der Waals surface area contributed by atoms with Crippen molar-refractivity contribution in [2.45, 2.75) is 12.8 Å². The number of allylic oxidation sites excluding steroid dienone is 1. The van der Waals surface area contributed by atoms with Crippen molar-refractivity contribution in [2.24, 2.45) is 0 Å². The minimum Gasteiger partial charge on any atom is -0.456 e. The van der Waals surface area contributed by atoms with E-state index >= 15 is 0 Å². The van der Waals surface area contributed by atoms with E-state index in [1.165, 1.54) is 0 Å². The van der Waals surface area contributed by atoms with Crippen LogP contribution in [0, 0.1) is 0 Å². The van der Waals surface area contributed by atoms with Crippen molar-refractivity contribution in [1.82, 2.24) is 0 Å². The molecule has 0 aromatic carbocycles. The molecule has 0 aliphatic carbocycles. The molecule has 3 heteroatoms. The van der Waals surface area contributed by atoms with Gasteiger partial charge in [-0.05, 0) is 12.5 Å². The van der Waals surface area contributed by atoms with Crippen LogP contribution >= 0.6 is 0 Å². The highest BCUT2D eigenvalue weighted by Gasteiger charge is 1.99. The van der Waals surface area contributed by atoms with E-state index in [0.717, 1.165) is 12.8 Å². The summed E-state index contributed by atoms with van der Waals surface area (Å²) in [6, 6.07) is 0. The molecule has 0 spiro atoms. The Morgan fingerprint density at radius 1 is 1.75 bits per heavy atom. The van der Waals surface area contributed by atoms with Crippen molar-refractivity contribution >= 4 is 16.3 Å². The molecule has 44 valence electrons. The van der Waals surface area contributed by atoms with Gasteiger partial charge in [-0.15, -0.1) is 0 Å². The fourth-order valence-corrected chi connectivity index (χ4v) is 0.809. The van der Waals surface area contributed by atoms with E-state index in [1.54, 1.807) is 6.26 Å². The van der Waals surface area contributed by atoms with Crippen LogP contribution in [0.4, 0.5) is 0 Å². The van der Waals surface area contributed by atoms with Gasteiger partial charge in [0.25, 0.3) is 0 Å². The molecule has 1 aliphatic rings. The van der Waals surface area contributed by atoms with Gasteiger partial charge in [0.05, 0.1) is 6.26 Å². The Kier molecular flexibility index (Phi) is 1.86. The van der Waals surface area contributed by atoms with E-state index in [0.29, 0.717) is 16.3 Å². The second kappa shape index (κ2) is 2.67. The Bertz CT molecular complexity index is 156. The van der Waals surface area contributed by atoms with Gasteiger partial charge < -0.3 is 4.74 Å². The van der Waals surface area contributed by atoms with Gasteiger partial charge in [-0.1, -0.05) is 0 Å². The van der Waals surface area contributed by atoms with Crippen molar-refractivity contribution < 1.29 is 8.95 Å². The van der Waals surface area contributed by atoms with Gasteiger partial charge in [0, 0.05) is 6.42 Å². The molecule has 2 nitrogen and oxygen atoms in total. The highest BCUT2D eigenvalue weighted by molar-refractivity contribution is 7.66. The van der Waals surface area contributed by atoms with Crippen molar-refractivity contribution in [3.8, 4) is 0 Å². The smallest absolute Gasteiger partial charge is 0.195 e. The standard InChI is InChI=1S/C5H6O2S/c6-8-5-3-1-2-4-7-5/h2,4H,1,3H2. The summed E-state index contributed by atoms with van der Waals surface area (Å²) in [7, 11) is 0. The van der Waals surface area contributed by atoms with Crippen molar-refractivity contribution in [2.75, 3.05) is 0 Å². The Balaban J connectivity index is 2.63. The minimum absolute atomic E-state index is 0.439. The maximum atomic E-state index is 10.0. The molecule has 1 aliphatic heterocycles. The zero-order valence-corrected chi connectivity index (χ0v) is 5.11. The average Bonchev–Trinajstić information content (AvgIpc) is 1.90. The van der Waals surface area contributed by atoms with Crippen molar-refractivity contribution in [3.63, 3.8) is 0 Å². The summed E-state index contributed by atoms with van der Waals surface area (Å²) in [5.74, 6) is 0. The fourth-order valence-electron chi connectivity index (χ4n) is 0.513. The first-order valence-corrected chi connectivity index (χ1v) is 3.15. The average molecular weight is 130 g/mol. The molecular weight excluding hydrogens is 124 g/mol. The van der Waals surface area contributed by atoms with Crippen LogP contribution in [-0.4, -0.2) is 9.26 Å². The molecule has 0 fully saturated rings. The van der Waals surface area contributed by atoms with E-state index in [4.69, 9.17) is 4.74 Å². The van der Waals surface area contributed by atoms with E-state index in [2.05, 4.69) is 0 Å². The van der Waals surface area contributed by atoms with Crippen LogP contribution in [-0.2, 0) is 16.0 Å². The summed E-state index contributed by atoms with van der Waals surface area (Å²) in [6.07, 6.45) is 5.17. The molecule has 0 radical (unpaired) electrons. The van der Waals surface area contributed by atoms with Crippen LogP contribution in [0.2, 0.25) is 0 Å². The van der Waals surface area contributed by atoms with Gasteiger partial charge in [-0.3, -0.25) is 0 Å². The lowest BCUT2D eigenvalue weighted by Gasteiger charge is -2.03. The lowest BCUT2D eigenvalue weighted by atomic mass is 10.3. The third-order valence-electron chi connectivity index (χ3n) is 0.904. The molecule has 1 rings (SSSR count). The molecule has 0 atom stereocenters. The first-order chi connectivity index (χ1) is 3.93. The Morgan fingerprint density at radius 3 is 3.00 bits per heavy atom. The predicted molar refractivity (Wildman–Crippen MR) is 32.6 cm³/mol. The van der Waals surface area contributed by atoms with Crippen LogP contribution in [0.3, 0.4) is 0 Å². The van der Waals surface area contributed by atoms with E-state index in [9.17, 15) is 4.21 Å². The lowest BCUT2D eigenvalue weighted by molar-refractivity contribution is 0.453. The van der Waals surface area contributed by atoms with Gasteiger partial charge in [-0.25, -0.2) is 4.21 Å². The maximum absolute atomic E-state index is 10.0. The first-order valence-electron chi connectivity index (χ1n) is 2.41. The second-order valence-electron chi connectivity index (χ2n) is 1.48. The van der Waals surface area contributed by atoms with Crippen LogP contribution < -0.4 is 0 Å². The maximum Gasteiger partial charge on any atom is 0.195 e. The Hall–Kier alpha value is -0.570. The summed E-state index contributed by atoms with van der Waals surface area (Å²) >= 11 is 0.439. The van der Waals surface area contributed by atoms with Crippen LogP contribution in [0.15, 0.2) is 12.3 Å². The van der Waals surface area contributed by atoms with Gasteiger partial charge in [0.1, 0.15) is 11.3 Å². The predicted octanol–water partition coefficient (Wildman–Crippen LogP) is 0.653. The number of rotatable bonds is 0. The van der Waals surface area contributed by atoms with E-state index in [-0.39, 0.29) is 0 Å². The molecule has 0 bridgehead atoms. The SMILES string of the molecule is O=S=C1CCC=CO1. The van der Waals surface area contributed by atoms with E-state index < -0.39 is 0 Å². The van der Waals surface area contributed by atoms with Gasteiger partial charge in [0.2, 0.25) is 0 Å². The Morgan fingerprint density at radius 2 is 2.62 bits per heavy atom.